The Kier molecular flexibility index (Phi) is 6.69. The lowest BCUT2D eigenvalue weighted by molar-refractivity contribution is -0.118. The van der Waals surface area contributed by atoms with Gasteiger partial charge in [-0.15, -0.1) is 5.10 Å². The topological polar surface area (TPSA) is 69.0 Å². The second kappa shape index (κ2) is 9.67. The summed E-state index contributed by atoms with van der Waals surface area (Å²) in [6, 6.07) is 16.2. The average Bonchev–Trinajstić information content (AvgIpc) is 3.23. The van der Waals surface area contributed by atoms with Crippen LogP contribution in [0.2, 0.25) is 0 Å². The number of ketones is 1. The molecule has 7 heteroatoms. The number of nitrogens with one attached hydrogen (secondary N) is 1. The molecule has 1 aliphatic carbocycles. The van der Waals surface area contributed by atoms with Gasteiger partial charge in [-0.2, -0.15) is 4.98 Å². The number of hydrogen-bond donors (Lipinski definition) is 1. The van der Waals surface area contributed by atoms with Crippen molar-refractivity contribution in [2.75, 3.05) is 11.1 Å². The summed E-state index contributed by atoms with van der Waals surface area (Å²) in [4.78, 5) is 18.3. The van der Waals surface area contributed by atoms with E-state index in [0.717, 1.165) is 40.3 Å². The highest BCUT2D eigenvalue weighted by Gasteiger charge is 2.42. The largest absolute Gasteiger partial charge is 0.489 e. The Morgan fingerprint density at radius 1 is 1.11 bits per heavy atom. The number of fused-ring (bicyclic) bond motifs is 1. The van der Waals surface area contributed by atoms with Gasteiger partial charge in [0.1, 0.15) is 18.4 Å². The monoisotopic (exact) mass is 516 g/mol. The normalized spacial score (nSPS) is 18.8. The van der Waals surface area contributed by atoms with Crippen molar-refractivity contribution in [2.24, 2.45) is 5.41 Å². The van der Waals surface area contributed by atoms with Crippen LogP contribution in [0.1, 0.15) is 77.1 Å². The molecule has 0 saturated heterocycles. The molecule has 194 valence electrons. The number of rotatable bonds is 6. The van der Waals surface area contributed by atoms with Gasteiger partial charge in [-0.1, -0.05) is 95.8 Å². The van der Waals surface area contributed by atoms with Gasteiger partial charge in [-0.3, -0.25) is 4.79 Å². The van der Waals surface area contributed by atoms with Crippen LogP contribution in [-0.2, 0) is 16.8 Å². The molecular weight excluding hydrogens is 480 g/mol. The van der Waals surface area contributed by atoms with Crippen LogP contribution in [0.5, 0.6) is 5.75 Å². The molecule has 0 radical (unpaired) electrons. The van der Waals surface area contributed by atoms with Crippen molar-refractivity contribution in [3.05, 3.63) is 76.5 Å². The van der Waals surface area contributed by atoms with E-state index in [1.807, 2.05) is 28.9 Å². The van der Waals surface area contributed by atoms with E-state index in [1.54, 1.807) is 11.8 Å². The van der Waals surface area contributed by atoms with Crippen molar-refractivity contribution in [2.45, 2.75) is 77.6 Å². The summed E-state index contributed by atoms with van der Waals surface area (Å²) in [6.45, 7) is 13.5. The smallest absolute Gasteiger partial charge is 0.227 e. The van der Waals surface area contributed by atoms with E-state index in [0.29, 0.717) is 24.1 Å². The molecule has 0 amide bonds. The standard InChI is InChI=1S/C30H36N4O2S/c1-7-37-28-32-27-31-22-16-30(5,6)17-23(35)25(22)26(34(27)33-28)21-10-8-9-11-24(21)36-18-19-12-14-20(15-13-19)29(2,3)4/h8-15,26H,7,16-18H2,1-6H3,(H,31,32,33). The fraction of sp³-hybridized carbons (Fsp3) is 0.433. The van der Waals surface area contributed by atoms with Crippen LogP contribution in [0.15, 0.2) is 65.0 Å². The van der Waals surface area contributed by atoms with Gasteiger partial charge in [0, 0.05) is 23.3 Å². The number of ether oxygens (including phenoxy) is 1. The molecule has 1 aromatic heterocycles. The van der Waals surface area contributed by atoms with Crippen molar-refractivity contribution in [3.8, 4) is 5.75 Å². The molecule has 5 rings (SSSR count). The Morgan fingerprint density at radius 3 is 2.54 bits per heavy atom. The zero-order valence-electron chi connectivity index (χ0n) is 22.6. The van der Waals surface area contributed by atoms with Crippen LogP contribution in [0.25, 0.3) is 0 Å². The molecule has 0 saturated carbocycles. The summed E-state index contributed by atoms with van der Waals surface area (Å²) in [5.41, 5.74) is 5.05. The zero-order chi connectivity index (χ0) is 26.4. The molecular formula is C30H36N4O2S. The van der Waals surface area contributed by atoms with E-state index < -0.39 is 0 Å². The van der Waals surface area contributed by atoms with Gasteiger partial charge in [0.05, 0.1) is 0 Å². The summed E-state index contributed by atoms with van der Waals surface area (Å²) < 4.78 is 8.27. The number of benzene rings is 2. The number of thioether (sulfide) groups is 1. The lowest BCUT2D eigenvalue weighted by Gasteiger charge is -2.38. The average molecular weight is 517 g/mol. The third-order valence-electron chi connectivity index (χ3n) is 7.01. The minimum absolute atomic E-state index is 0.105. The van der Waals surface area contributed by atoms with E-state index in [9.17, 15) is 4.79 Å². The van der Waals surface area contributed by atoms with E-state index in [2.05, 4.69) is 71.1 Å². The number of carbonyl (C=O) groups excluding carboxylic acids is 1. The van der Waals surface area contributed by atoms with Crippen LogP contribution in [0.3, 0.4) is 0 Å². The summed E-state index contributed by atoms with van der Waals surface area (Å²) >= 11 is 1.60. The number of aromatic nitrogens is 3. The van der Waals surface area contributed by atoms with E-state index in [4.69, 9.17) is 14.8 Å². The van der Waals surface area contributed by atoms with Gasteiger partial charge in [-0.25, -0.2) is 4.68 Å². The number of anilines is 1. The van der Waals surface area contributed by atoms with Crippen molar-refractivity contribution < 1.29 is 9.53 Å². The van der Waals surface area contributed by atoms with Crippen molar-refractivity contribution in [1.82, 2.24) is 14.8 Å². The maximum atomic E-state index is 13.6. The van der Waals surface area contributed by atoms with E-state index in [1.165, 1.54) is 5.56 Å². The first-order valence-electron chi connectivity index (χ1n) is 13.0. The van der Waals surface area contributed by atoms with E-state index in [-0.39, 0.29) is 22.7 Å². The SMILES string of the molecule is CCSc1nc2n(n1)C(c1ccccc1OCc1ccc(C(C)(C)C)cc1)C1=C(CC(C)(C)CC1=O)N2. The highest BCUT2D eigenvalue weighted by atomic mass is 32.2. The molecule has 2 aromatic carbocycles. The fourth-order valence-electron chi connectivity index (χ4n) is 5.17. The highest BCUT2D eigenvalue weighted by molar-refractivity contribution is 7.99. The molecule has 6 nitrogen and oxygen atoms in total. The second-order valence-corrected chi connectivity index (χ2v) is 13.0. The molecule has 37 heavy (non-hydrogen) atoms. The summed E-state index contributed by atoms with van der Waals surface area (Å²) in [6.07, 6.45) is 1.30. The number of para-hydroxylation sites is 1. The second-order valence-electron chi connectivity index (χ2n) is 11.7. The molecule has 0 fully saturated rings. The summed E-state index contributed by atoms with van der Waals surface area (Å²) in [5, 5.41) is 8.98. The lowest BCUT2D eigenvalue weighted by atomic mass is 9.73. The Morgan fingerprint density at radius 2 is 1.84 bits per heavy atom. The van der Waals surface area contributed by atoms with Gasteiger partial charge in [0.15, 0.2) is 5.78 Å². The molecule has 1 aliphatic heterocycles. The third kappa shape index (κ3) is 5.19. The number of allylic oxidation sites excluding steroid dienone is 2. The Labute approximate surface area is 223 Å². The molecule has 1 unspecified atom stereocenters. The van der Waals surface area contributed by atoms with Crippen molar-refractivity contribution >= 4 is 23.5 Å². The predicted octanol–water partition coefficient (Wildman–Crippen LogP) is 6.92. The minimum Gasteiger partial charge on any atom is -0.489 e. The number of Topliss-reactive ketones (excluding diaryl/α,β-unsaturated/α-hetero) is 1. The van der Waals surface area contributed by atoms with E-state index >= 15 is 0 Å². The molecule has 1 N–H and O–H groups in total. The fourth-order valence-corrected chi connectivity index (χ4v) is 5.72. The minimum atomic E-state index is -0.381. The van der Waals surface area contributed by atoms with Gasteiger partial charge in [0.2, 0.25) is 11.1 Å². The number of hydrogen-bond acceptors (Lipinski definition) is 6. The molecule has 0 spiro atoms. The van der Waals surface area contributed by atoms with Gasteiger partial charge >= 0.3 is 0 Å². The maximum Gasteiger partial charge on any atom is 0.227 e. The maximum absolute atomic E-state index is 13.6. The lowest BCUT2D eigenvalue weighted by Crippen LogP contribution is -2.36. The Hall–Kier alpha value is -3.06. The van der Waals surface area contributed by atoms with Crippen LogP contribution < -0.4 is 10.1 Å². The first-order chi connectivity index (χ1) is 17.6. The van der Waals surface area contributed by atoms with Crippen LogP contribution >= 0.6 is 11.8 Å². The first-order valence-corrected chi connectivity index (χ1v) is 14.0. The van der Waals surface area contributed by atoms with Crippen LogP contribution in [-0.4, -0.2) is 26.3 Å². The predicted molar refractivity (Wildman–Crippen MR) is 149 cm³/mol. The summed E-state index contributed by atoms with van der Waals surface area (Å²) in [7, 11) is 0. The van der Waals surface area contributed by atoms with Gasteiger partial charge < -0.3 is 10.1 Å². The van der Waals surface area contributed by atoms with Crippen LogP contribution in [0.4, 0.5) is 5.95 Å². The molecule has 2 heterocycles. The third-order valence-corrected chi connectivity index (χ3v) is 7.73. The Balaban J connectivity index is 1.52. The summed E-state index contributed by atoms with van der Waals surface area (Å²) in [5.74, 6) is 2.46. The highest BCUT2D eigenvalue weighted by Crippen LogP contribution is 2.47. The number of nitrogens with zero attached hydrogens (tertiary/aromatic N) is 3. The van der Waals surface area contributed by atoms with Crippen LogP contribution in [0, 0.1) is 5.41 Å². The zero-order valence-corrected chi connectivity index (χ0v) is 23.4. The van der Waals surface area contributed by atoms with Crippen molar-refractivity contribution in [3.63, 3.8) is 0 Å². The molecule has 1 atom stereocenters. The number of carbonyl (C=O) groups is 1. The molecule has 0 bridgehead atoms. The van der Waals surface area contributed by atoms with Crippen molar-refractivity contribution in [1.29, 1.82) is 0 Å². The van der Waals surface area contributed by atoms with Gasteiger partial charge in [-0.05, 0) is 40.2 Å². The Bertz CT molecular complexity index is 1350. The molecule has 2 aliphatic rings. The molecule has 3 aromatic rings. The quantitative estimate of drug-likeness (QED) is 0.359. The first kappa shape index (κ1) is 25.6. The van der Waals surface area contributed by atoms with Gasteiger partial charge in [0.25, 0.3) is 0 Å².